The number of carbonyl (C=O) groups is 2. The van der Waals surface area contributed by atoms with Gasteiger partial charge in [-0.1, -0.05) is 0 Å². The topological polar surface area (TPSA) is 78.3 Å². The quantitative estimate of drug-likeness (QED) is 0.788. The van der Waals surface area contributed by atoms with Crippen molar-refractivity contribution in [3.63, 3.8) is 0 Å². The van der Waals surface area contributed by atoms with Crippen LogP contribution in [0.4, 0.5) is 0 Å². The van der Waals surface area contributed by atoms with Crippen molar-refractivity contribution < 1.29 is 14.0 Å². The van der Waals surface area contributed by atoms with E-state index < -0.39 is 5.54 Å². The van der Waals surface area contributed by atoms with Gasteiger partial charge in [0.1, 0.15) is 5.54 Å². The first-order chi connectivity index (χ1) is 9.89. The zero-order chi connectivity index (χ0) is 15.2. The second-order valence-corrected chi connectivity index (χ2v) is 5.87. The largest absolute Gasteiger partial charge is 0.429 e. The maximum absolute atomic E-state index is 12.7. The normalized spacial score (nSPS) is 17.8. The van der Waals surface area contributed by atoms with Crippen molar-refractivity contribution in [1.82, 2.24) is 15.2 Å². The number of carbonyl (C=O) groups excluding carboxylic acids is 2. The molecule has 1 aliphatic rings. The summed E-state index contributed by atoms with van der Waals surface area (Å²) in [6, 6.07) is 5.10. The number of nitrogens with one attached hydrogen (secondary N) is 2. The van der Waals surface area contributed by atoms with Gasteiger partial charge in [-0.15, -0.1) is 0 Å². The molecule has 0 saturated carbocycles. The van der Waals surface area contributed by atoms with Crippen LogP contribution in [0.1, 0.15) is 24.2 Å². The van der Waals surface area contributed by atoms with Crippen LogP contribution < -0.4 is 5.32 Å². The van der Waals surface area contributed by atoms with Crippen LogP contribution in [0.3, 0.4) is 0 Å². The number of aromatic nitrogens is 1. The summed E-state index contributed by atoms with van der Waals surface area (Å²) in [5.41, 5.74) is 0.878. The van der Waals surface area contributed by atoms with Crippen LogP contribution in [0.2, 0.25) is 0 Å². The molecule has 0 unspecified atom stereocenters. The van der Waals surface area contributed by atoms with Gasteiger partial charge in [0.05, 0.1) is 5.52 Å². The lowest BCUT2D eigenvalue weighted by molar-refractivity contribution is -0.133. The van der Waals surface area contributed by atoms with E-state index in [1.807, 2.05) is 0 Å². The predicted octanol–water partition coefficient (Wildman–Crippen LogP) is 1.84. The third kappa shape index (κ3) is 2.23. The SMILES string of the molecule is CC1(C)C(=O)NCCN1C(=O)c1ccc2[nH]c(=S)oc2c1. The van der Waals surface area contributed by atoms with Gasteiger partial charge in [-0.3, -0.25) is 9.59 Å². The van der Waals surface area contributed by atoms with Gasteiger partial charge in [-0.05, 0) is 44.3 Å². The Kier molecular flexibility index (Phi) is 3.09. The molecule has 1 aromatic heterocycles. The van der Waals surface area contributed by atoms with Crippen molar-refractivity contribution in [2.24, 2.45) is 0 Å². The highest BCUT2D eigenvalue weighted by Gasteiger charge is 2.40. The van der Waals surface area contributed by atoms with E-state index >= 15 is 0 Å². The Hall–Kier alpha value is -2.15. The fourth-order valence-corrected chi connectivity index (χ4v) is 2.69. The van der Waals surface area contributed by atoms with Gasteiger partial charge in [0.25, 0.3) is 10.7 Å². The first kappa shape index (κ1) is 13.8. The number of amides is 2. The Morgan fingerprint density at radius 3 is 2.95 bits per heavy atom. The molecule has 2 heterocycles. The molecule has 2 amide bonds. The fourth-order valence-electron chi connectivity index (χ4n) is 2.49. The van der Waals surface area contributed by atoms with Crippen molar-refractivity contribution in [2.75, 3.05) is 13.1 Å². The third-order valence-electron chi connectivity index (χ3n) is 3.76. The van der Waals surface area contributed by atoms with E-state index in [0.29, 0.717) is 24.2 Å². The number of benzene rings is 1. The third-order valence-corrected chi connectivity index (χ3v) is 3.95. The molecule has 1 fully saturated rings. The monoisotopic (exact) mass is 305 g/mol. The van der Waals surface area contributed by atoms with Gasteiger partial charge in [-0.2, -0.15) is 0 Å². The first-order valence-corrected chi connectivity index (χ1v) is 7.03. The lowest BCUT2D eigenvalue weighted by atomic mass is 9.97. The molecular weight excluding hydrogens is 290 g/mol. The summed E-state index contributed by atoms with van der Waals surface area (Å²) in [5.74, 6) is -0.346. The van der Waals surface area contributed by atoms with Crippen LogP contribution in [-0.4, -0.2) is 40.3 Å². The summed E-state index contributed by atoms with van der Waals surface area (Å²) < 4.78 is 5.33. The van der Waals surface area contributed by atoms with Gasteiger partial charge in [-0.25, -0.2) is 0 Å². The molecule has 0 spiro atoms. The molecule has 0 atom stereocenters. The van der Waals surface area contributed by atoms with Gasteiger partial charge < -0.3 is 19.6 Å². The fraction of sp³-hybridized carbons (Fsp3) is 0.357. The number of oxazole rings is 1. The van der Waals surface area contributed by atoms with Crippen LogP contribution in [0, 0.1) is 4.84 Å². The molecule has 1 saturated heterocycles. The molecule has 110 valence electrons. The number of hydrogen-bond acceptors (Lipinski definition) is 4. The minimum absolute atomic E-state index is 0.151. The second kappa shape index (κ2) is 4.70. The summed E-state index contributed by atoms with van der Waals surface area (Å²) in [4.78, 5) is 29.3. The van der Waals surface area contributed by atoms with Crippen LogP contribution in [0.25, 0.3) is 11.1 Å². The molecule has 2 N–H and O–H groups in total. The van der Waals surface area contributed by atoms with Crippen LogP contribution in [0.15, 0.2) is 22.6 Å². The Morgan fingerprint density at radius 1 is 1.43 bits per heavy atom. The number of aromatic amines is 1. The second-order valence-electron chi connectivity index (χ2n) is 5.50. The highest BCUT2D eigenvalue weighted by atomic mass is 32.1. The highest BCUT2D eigenvalue weighted by molar-refractivity contribution is 7.71. The zero-order valence-electron chi connectivity index (χ0n) is 11.7. The molecule has 1 aliphatic heterocycles. The molecular formula is C14H15N3O3S. The molecule has 21 heavy (non-hydrogen) atoms. The average molecular weight is 305 g/mol. The van der Waals surface area contributed by atoms with Crippen molar-refractivity contribution in [2.45, 2.75) is 19.4 Å². The number of nitrogens with zero attached hydrogens (tertiary/aromatic N) is 1. The summed E-state index contributed by atoms with van der Waals surface area (Å²) in [7, 11) is 0. The van der Waals surface area contributed by atoms with E-state index in [0.717, 1.165) is 5.52 Å². The number of H-pyrrole nitrogens is 1. The van der Waals surface area contributed by atoms with E-state index in [-0.39, 0.29) is 16.7 Å². The molecule has 2 aromatic rings. The van der Waals surface area contributed by atoms with E-state index in [1.165, 1.54) is 0 Å². The van der Waals surface area contributed by atoms with E-state index in [4.69, 9.17) is 16.6 Å². The maximum Gasteiger partial charge on any atom is 0.266 e. The van der Waals surface area contributed by atoms with Crippen molar-refractivity contribution in [3.8, 4) is 0 Å². The van der Waals surface area contributed by atoms with Crippen molar-refractivity contribution in [3.05, 3.63) is 28.6 Å². The highest BCUT2D eigenvalue weighted by Crippen LogP contribution is 2.22. The molecule has 1 aromatic carbocycles. The summed E-state index contributed by atoms with van der Waals surface area (Å²) in [6.45, 7) is 4.41. The minimum atomic E-state index is -0.872. The van der Waals surface area contributed by atoms with Crippen LogP contribution in [-0.2, 0) is 4.79 Å². The number of rotatable bonds is 1. The number of hydrogen-bond donors (Lipinski definition) is 2. The molecule has 0 aliphatic carbocycles. The van der Waals surface area contributed by atoms with Crippen molar-refractivity contribution in [1.29, 1.82) is 0 Å². The summed E-state index contributed by atoms with van der Waals surface area (Å²) in [6.07, 6.45) is 0. The zero-order valence-corrected chi connectivity index (χ0v) is 12.5. The number of fused-ring (bicyclic) bond motifs is 1. The summed E-state index contributed by atoms with van der Waals surface area (Å²) >= 11 is 4.93. The molecule has 3 rings (SSSR count). The Bertz CT molecular complexity index is 790. The van der Waals surface area contributed by atoms with Crippen LogP contribution in [0.5, 0.6) is 0 Å². The van der Waals surface area contributed by atoms with Crippen LogP contribution >= 0.6 is 12.2 Å². The lowest BCUT2D eigenvalue weighted by Gasteiger charge is -2.41. The van der Waals surface area contributed by atoms with E-state index in [9.17, 15) is 9.59 Å². The van der Waals surface area contributed by atoms with Gasteiger partial charge in [0.15, 0.2) is 5.58 Å². The average Bonchev–Trinajstić information content (AvgIpc) is 2.80. The molecule has 6 nitrogen and oxygen atoms in total. The Morgan fingerprint density at radius 2 is 2.19 bits per heavy atom. The van der Waals surface area contributed by atoms with Gasteiger partial charge in [0.2, 0.25) is 5.91 Å². The Balaban J connectivity index is 1.99. The van der Waals surface area contributed by atoms with Crippen molar-refractivity contribution >= 4 is 35.1 Å². The van der Waals surface area contributed by atoms with Gasteiger partial charge >= 0.3 is 0 Å². The smallest absolute Gasteiger partial charge is 0.266 e. The lowest BCUT2D eigenvalue weighted by Crippen LogP contribution is -2.63. The minimum Gasteiger partial charge on any atom is -0.429 e. The molecule has 0 bridgehead atoms. The predicted molar refractivity (Wildman–Crippen MR) is 79.5 cm³/mol. The Labute approximate surface area is 126 Å². The molecule has 7 heteroatoms. The maximum atomic E-state index is 12.7. The van der Waals surface area contributed by atoms with E-state index in [1.54, 1.807) is 36.9 Å². The molecule has 0 radical (unpaired) electrons. The summed E-state index contributed by atoms with van der Waals surface area (Å²) in [5, 5.41) is 2.77. The van der Waals surface area contributed by atoms with E-state index in [2.05, 4.69) is 10.3 Å². The first-order valence-electron chi connectivity index (χ1n) is 6.63. The standard InChI is InChI=1S/C14H15N3O3S/c1-14(2)12(19)15-5-6-17(14)11(18)8-3-4-9-10(7-8)20-13(21)16-9/h3-4,7H,5-6H2,1-2H3,(H,15,19)(H,16,21). The van der Waals surface area contributed by atoms with Gasteiger partial charge in [0, 0.05) is 18.7 Å². The number of piperazine rings is 1.